The average Bonchev–Trinajstić information content (AvgIpc) is 3.46. The number of esters is 1. The van der Waals surface area contributed by atoms with Crippen molar-refractivity contribution < 1.29 is 34.0 Å². The van der Waals surface area contributed by atoms with Crippen LogP contribution in [0.25, 0.3) is 28.4 Å². The van der Waals surface area contributed by atoms with Gasteiger partial charge in [-0.1, -0.05) is 61.5 Å². The fraction of sp³-hybridized carbons (Fsp3) is 0.189. The molecular weight excluding hydrogens is 600 g/mol. The first-order valence-corrected chi connectivity index (χ1v) is 15.0. The second-order valence-electron chi connectivity index (χ2n) is 11.1. The van der Waals surface area contributed by atoms with E-state index in [0.717, 1.165) is 27.7 Å². The number of carbonyl (C=O) groups excluding carboxylic acids is 2. The molecule has 0 aliphatic carbocycles. The molecular formula is C37H32N2O8. The predicted molar refractivity (Wildman–Crippen MR) is 176 cm³/mol. The molecule has 238 valence electrons. The van der Waals surface area contributed by atoms with E-state index < -0.39 is 11.6 Å². The summed E-state index contributed by atoms with van der Waals surface area (Å²) in [6, 6.07) is 23.9. The number of nitrogens with zero attached hydrogens (tertiary/aromatic N) is 2. The Morgan fingerprint density at radius 3 is 2.49 bits per heavy atom. The van der Waals surface area contributed by atoms with Crippen LogP contribution >= 0.6 is 0 Å². The van der Waals surface area contributed by atoms with Crippen molar-refractivity contribution in [2.24, 2.45) is 0 Å². The number of rotatable bonds is 6. The summed E-state index contributed by atoms with van der Waals surface area (Å²) >= 11 is 0. The SMILES string of the molecule is CCC1(O)C(=O)OCc2c1cc1n(c2=O)Cc2cc3ccccc3nc2-1.COc1cc(O)c(C(=O)C=Cc2ccccc2)c(OC)c1. The summed E-state index contributed by atoms with van der Waals surface area (Å²) in [5.74, 6) is -0.520. The summed E-state index contributed by atoms with van der Waals surface area (Å²) < 4.78 is 16.9. The predicted octanol–water partition coefficient (Wildman–Crippen LogP) is 5.39. The number of benzene rings is 3. The lowest BCUT2D eigenvalue weighted by atomic mass is 9.86. The molecule has 0 spiro atoms. The number of aromatic hydroxyl groups is 1. The number of fused-ring (bicyclic) bond motifs is 5. The minimum atomic E-state index is -1.79. The molecule has 7 rings (SSSR count). The molecule has 47 heavy (non-hydrogen) atoms. The van der Waals surface area contributed by atoms with Crippen molar-refractivity contribution in [3.05, 3.63) is 123 Å². The number of hydrogen-bond donors (Lipinski definition) is 2. The number of aliphatic hydroxyl groups is 1. The highest BCUT2D eigenvalue weighted by molar-refractivity contribution is 6.10. The molecule has 2 aliphatic heterocycles. The Bertz CT molecular complexity index is 2120. The fourth-order valence-electron chi connectivity index (χ4n) is 5.85. The zero-order chi connectivity index (χ0) is 33.3. The molecule has 0 saturated heterocycles. The molecule has 2 aromatic heterocycles. The standard InChI is InChI=1S/C20H16N2O4.C17H16O4/c1-2-20(25)14-8-16-17-12(7-11-5-3-4-6-15(11)21-17)9-22(16)18(23)13(14)10-26-19(20)24;1-20-13-10-15(19)17(16(11-13)21-2)14(18)9-8-12-6-4-3-5-7-12/h3-8,25H,2,9-10H2,1H3;3-11,19H,1-2H3. The van der Waals surface area contributed by atoms with Crippen LogP contribution in [-0.2, 0) is 28.3 Å². The Hall–Kier alpha value is -5.74. The number of ketones is 1. The molecule has 4 heterocycles. The maximum atomic E-state index is 13.0. The maximum absolute atomic E-state index is 13.0. The van der Waals surface area contributed by atoms with E-state index in [-0.39, 0.29) is 41.4 Å². The quantitative estimate of drug-likeness (QED) is 0.141. The zero-order valence-electron chi connectivity index (χ0n) is 26.0. The minimum absolute atomic E-state index is 0.110. The Balaban J connectivity index is 0.000000169. The largest absolute Gasteiger partial charge is 0.507 e. The van der Waals surface area contributed by atoms with Crippen LogP contribution in [0.3, 0.4) is 0 Å². The third-order valence-electron chi connectivity index (χ3n) is 8.40. The van der Waals surface area contributed by atoms with E-state index in [2.05, 4.69) is 0 Å². The highest BCUT2D eigenvalue weighted by Crippen LogP contribution is 2.38. The highest BCUT2D eigenvalue weighted by atomic mass is 16.6. The number of pyridine rings is 2. The van der Waals surface area contributed by atoms with Crippen molar-refractivity contribution in [1.29, 1.82) is 0 Å². The first-order chi connectivity index (χ1) is 22.7. The van der Waals surface area contributed by atoms with Gasteiger partial charge < -0.3 is 29.0 Å². The third kappa shape index (κ3) is 5.64. The van der Waals surface area contributed by atoms with Crippen LogP contribution in [0.4, 0.5) is 0 Å². The van der Waals surface area contributed by atoms with Gasteiger partial charge in [0, 0.05) is 28.6 Å². The Morgan fingerprint density at radius 2 is 1.77 bits per heavy atom. The lowest BCUT2D eigenvalue weighted by Gasteiger charge is -2.31. The summed E-state index contributed by atoms with van der Waals surface area (Å²) in [7, 11) is 2.91. The van der Waals surface area contributed by atoms with Crippen molar-refractivity contribution in [3.8, 4) is 28.6 Å². The van der Waals surface area contributed by atoms with Crippen LogP contribution in [0.1, 0.15) is 46.0 Å². The zero-order valence-corrected chi connectivity index (χ0v) is 26.0. The second kappa shape index (κ2) is 12.6. The molecule has 1 unspecified atom stereocenters. The molecule has 0 bridgehead atoms. The third-order valence-corrected chi connectivity index (χ3v) is 8.40. The molecule has 2 N–H and O–H groups in total. The number of aromatic nitrogens is 2. The Morgan fingerprint density at radius 1 is 1.02 bits per heavy atom. The van der Waals surface area contributed by atoms with Crippen molar-refractivity contribution in [2.45, 2.75) is 32.1 Å². The van der Waals surface area contributed by atoms with E-state index >= 15 is 0 Å². The molecule has 2 aliphatic rings. The first kappa shape index (κ1) is 31.3. The molecule has 1 atom stereocenters. The van der Waals surface area contributed by atoms with Gasteiger partial charge in [0.1, 0.15) is 29.4 Å². The number of methoxy groups -OCH3 is 2. The smallest absolute Gasteiger partial charge is 0.343 e. The minimum Gasteiger partial charge on any atom is -0.507 e. The van der Waals surface area contributed by atoms with Crippen LogP contribution in [0.15, 0.2) is 89.7 Å². The molecule has 0 amide bonds. The second-order valence-corrected chi connectivity index (χ2v) is 11.1. The normalized spacial score (nSPS) is 16.0. The molecule has 0 fully saturated rings. The monoisotopic (exact) mass is 632 g/mol. The Kier molecular flexibility index (Phi) is 8.36. The summed E-state index contributed by atoms with van der Waals surface area (Å²) in [6.07, 6.45) is 3.23. The van der Waals surface area contributed by atoms with Crippen LogP contribution in [0.5, 0.6) is 17.2 Å². The van der Waals surface area contributed by atoms with Gasteiger partial charge in [-0.15, -0.1) is 0 Å². The van der Waals surface area contributed by atoms with Gasteiger partial charge in [-0.25, -0.2) is 9.78 Å². The molecule has 10 heteroatoms. The number of phenols is 1. The Labute approximate surface area is 270 Å². The summed E-state index contributed by atoms with van der Waals surface area (Å²) in [5.41, 5.74) is 2.83. The maximum Gasteiger partial charge on any atom is 0.343 e. The lowest BCUT2D eigenvalue weighted by molar-refractivity contribution is -0.172. The first-order valence-electron chi connectivity index (χ1n) is 15.0. The van der Waals surface area contributed by atoms with Gasteiger partial charge in [0.15, 0.2) is 11.4 Å². The number of phenolic OH excluding ortho intramolecular Hbond substituents is 1. The fourth-order valence-corrected chi connectivity index (χ4v) is 5.85. The molecule has 0 saturated carbocycles. The number of ether oxygens (including phenoxy) is 3. The van der Waals surface area contributed by atoms with Gasteiger partial charge >= 0.3 is 5.97 Å². The van der Waals surface area contributed by atoms with Gasteiger partial charge in [-0.05, 0) is 36.3 Å². The van der Waals surface area contributed by atoms with Crippen molar-refractivity contribution in [1.82, 2.24) is 9.55 Å². The topological polar surface area (TPSA) is 137 Å². The van der Waals surface area contributed by atoms with Gasteiger partial charge in [0.05, 0.1) is 43.2 Å². The number of cyclic esters (lactones) is 1. The van der Waals surface area contributed by atoms with Crippen LogP contribution in [0, 0.1) is 0 Å². The summed E-state index contributed by atoms with van der Waals surface area (Å²) in [5, 5.41) is 21.8. The van der Waals surface area contributed by atoms with Gasteiger partial charge in [0.25, 0.3) is 5.56 Å². The van der Waals surface area contributed by atoms with Crippen molar-refractivity contribution in [3.63, 3.8) is 0 Å². The van der Waals surface area contributed by atoms with Crippen molar-refractivity contribution >= 4 is 28.7 Å². The highest BCUT2D eigenvalue weighted by Gasteiger charge is 2.45. The lowest BCUT2D eigenvalue weighted by Crippen LogP contribution is -2.44. The van der Waals surface area contributed by atoms with Crippen LogP contribution in [0.2, 0.25) is 0 Å². The number of hydrogen-bond acceptors (Lipinski definition) is 9. The van der Waals surface area contributed by atoms with Gasteiger partial charge in [-0.3, -0.25) is 9.59 Å². The summed E-state index contributed by atoms with van der Waals surface area (Å²) in [6.45, 7) is 2.01. The average molecular weight is 633 g/mol. The van der Waals surface area contributed by atoms with Gasteiger partial charge in [0.2, 0.25) is 0 Å². The molecule has 10 nitrogen and oxygen atoms in total. The van der Waals surface area contributed by atoms with E-state index in [1.807, 2.05) is 60.7 Å². The molecule has 0 radical (unpaired) electrons. The molecule has 3 aromatic carbocycles. The summed E-state index contributed by atoms with van der Waals surface area (Å²) in [4.78, 5) is 42.1. The number of allylic oxidation sites excluding steroid dienone is 1. The van der Waals surface area contributed by atoms with E-state index in [4.69, 9.17) is 19.2 Å². The van der Waals surface area contributed by atoms with Crippen LogP contribution < -0.4 is 15.0 Å². The number of carbonyl (C=O) groups is 2. The molecule has 5 aromatic rings. The van der Waals surface area contributed by atoms with E-state index in [1.54, 1.807) is 29.7 Å². The van der Waals surface area contributed by atoms with E-state index in [1.165, 1.54) is 26.4 Å². The van der Waals surface area contributed by atoms with Gasteiger partial charge in [-0.2, -0.15) is 0 Å². The van der Waals surface area contributed by atoms with E-state index in [9.17, 15) is 24.6 Å². The van der Waals surface area contributed by atoms with Crippen molar-refractivity contribution in [2.75, 3.05) is 14.2 Å². The number of para-hydroxylation sites is 1. The van der Waals surface area contributed by atoms with E-state index in [0.29, 0.717) is 29.1 Å². The van der Waals surface area contributed by atoms with Crippen LogP contribution in [-0.4, -0.2) is 45.7 Å².